The minimum atomic E-state index is -0.378. The fourth-order valence-electron chi connectivity index (χ4n) is 3.88. The number of carbonyl (C=O) groups excluding carboxylic acids is 2. The number of rotatable bonds is 6. The first-order valence-corrected chi connectivity index (χ1v) is 11.2. The Morgan fingerprint density at radius 2 is 1.75 bits per heavy atom. The van der Waals surface area contributed by atoms with Crippen LogP contribution in [0.3, 0.4) is 0 Å². The van der Waals surface area contributed by atoms with Gasteiger partial charge in [-0.05, 0) is 49.3 Å². The third-order valence-electron chi connectivity index (χ3n) is 5.64. The van der Waals surface area contributed by atoms with Crippen LogP contribution in [0.4, 0.5) is 5.69 Å². The zero-order chi connectivity index (χ0) is 22.9. The lowest BCUT2D eigenvalue weighted by atomic mass is 9.94. The van der Waals surface area contributed by atoms with Crippen LogP contribution in [0.5, 0.6) is 5.75 Å². The molecule has 168 valence electrons. The average molecular weight is 452 g/mol. The standard InChI is InChI=1S/C25H29N3O3S/c1-28(19-11-4-3-5-12-19)24(30)20-13-7-8-14-21(20)26-25(32)27-23(29)17-16-18-10-6-9-15-22(18)31-2/h6-10,13-17,19H,3-5,11-12H2,1-2H3,(H2,26,27,29,32)/b17-16+. The summed E-state index contributed by atoms with van der Waals surface area (Å²) in [6, 6.07) is 14.9. The molecule has 0 unspecified atom stereocenters. The Labute approximate surface area is 194 Å². The van der Waals surface area contributed by atoms with E-state index in [0.717, 1.165) is 31.2 Å². The maximum atomic E-state index is 13.1. The van der Waals surface area contributed by atoms with Crippen molar-refractivity contribution in [2.24, 2.45) is 0 Å². The Morgan fingerprint density at radius 3 is 2.50 bits per heavy atom. The fourth-order valence-corrected chi connectivity index (χ4v) is 4.09. The van der Waals surface area contributed by atoms with Gasteiger partial charge in [0.05, 0.1) is 18.4 Å². The molecule has 0 aromatic heterocycles. The minimum Gasteiger partial charge on any atom is -0.496 e. The number of nitrogens with zero attached hydrogens (tertiary/aromatic N) is 1. The molecule has 0 saturated heterocycles. The van der Waals surface area contributed by atoms with E-state index in [4.69, 9.17) is 17.0 Å². The number of benzene rings is 2. The van der Waals surface area contributed by atoms with Crippen molar-refractivity contribution < 1.29 is 14.3 Å². The number of hydrogen-bond donors (Lipinski definition) is 2. The largest absolute Gasteiger partial charge is 0.496 e. The lowest BCUT2D eigenvalue weighted by molar-refractivity contribution is -0.115. The summed E-state index contributed by atoms with van der Waals surface area (Å²) in [6.45, 7) is 0. The maximum Gasteiger partial charge on any atom is 0.255 e. The third kappa shape index (κ3) is 6.17. The van der Waals surface area contributed by atoms with Gasteiger partial charge in [-0.1, -0.05) is 49.6 Å². The molecule has 2 aromatic rings. The molecule has 2 aromatic carbocycles. The predicted octanol–water partition coefficient (Wildman–Crippen LogP) is 4.63. The van der Waals surface area contributed by atoms with Gasteiger partial charge in [-0.15, -0.1) is 0 Å². The van der Waals surface area contributed by atoms with Gasteiger partial charge in [0.2, 0.25) is 5.91 Å². The van der Waals surface area contributed by atoms with Crippen molar-refractivity contribution in [2.45, 2.75) is 38.1 Å². The van der Waals surface area contributed by atoms with Gasteiger partial charge in [-0.25, -0.2) is 0 Å². The van der Waals surface area contributed by atoms with E-state index in [1.807, 2.05) is 48.3 Å². The third-order valence-corrected chi connectivity index (χ3v) is 5.84. The number of thiocarbonyl (C=S) groups is 1. The Hall–Kier alpha value is -3.19. The van der Waals surface area contributed by atoms with Crippen LogP contribution < -0.4 is 15.4 Å². The summed E-state index contributed by atoms with van der Waals surface area (Å²) in [5.41, 5.74) is 1.88. The molecule has 32 heavy (non-hydrogen) atoms. The highest BCUT2D eigenvalue weighted by molar-refractivity contribution is 7.80. The van der Waals surface area contributed by atoms with Gasteiger partial charge >= 0.3 is 0 Å². The SMILES string of the molecule is COc1ccccc1/C=C/C(=O)NC(=S)Nc1ccccc1C(=O)N(C)C1CCCCC1. The quantitative estimate of drug-likeness (QED) is 0.495. The summed E-state index contributed by atoms with van der Waals surface area (Å²) in [6.07, 6.45) is 8.65. The molecule has 0 radical (unpaired) electrons. The van der Waals surface area contributed by atoms with Crippen molar-refractivity contribution in [1.82, 2.24) is 10.2 Å². The summed E-state index contributed by atoms with van der Waals surface area (Å²) < 4.78 is 5.28. The van der Waals surface area contributed by atoms with Crippen molar-refractivity contribution in [1.29, 1.82) is 0 Å². The second-order valence-corrected chi connectivity index (χ2v) is 8.18. The molecule has 7 heteroatoms. The van der Waals surface area contributed by atoms with Gasteiger partial charge in [-0.3, -0.25) is 14.9 Å². The fraction of sp³-hybridized carbons (Fsp3) is 0.320. The van der Waals surface area contributed by atoms with Crippen molar-refractivity contribution in [3.63, 3.8) is 0 Å². The molecule has 0 aliphatic heterocycles. The highest BCUT2D eigenvalue weighted by atomic mass is 32.1. The van der Waals surface area contributed by atoms with E-state index < -0.39 is 0 Å². The van der Waals surface area contributed by atoms with Crippen LogP contribution in [-0.2, 0) is 4.79 Å². The summed E-state index contributed by atoms with van der Waals surface area (Å²) in [7, 11) is 3.44. The molecule has 3 rings (SSSR count). The first kappa shape index (κ1) is 23.5. The van der Waals surface area contributed by atoms with Crippen LogP contribution in [0.2, 0.25) is 0 Å². The molecule has 0 heterocycles. The van der Waals surface area contributed by atoms with Crippen LogP contribution in [0.15, 0.2) is 54.6 Å². The van der Waals surface area contributed by atoms with Gasteiger partial charge in [0.25, 0.3) is 5.91 Å². The van der Waals surface area contributed by atoms with E-state index in [1.54, 1.807) is 25.3 Å². The van der Waals surface area contributed by atoms with E-state index in [1.165, 1.54) is 12.5 Å². The molecule has 6 nitrogen and oxygen atoms in total. The van der Waals surface area contributed by atoms with Crippen LogP contribution in [0, 0.1) is 0 Å². The van der Waals surface area contributed by atoms with Gasteiger partial charge in [0.15, 0.2) is 5.11 Å². The Morgan fingerprint density at radius 1 is 1.06 bits per heavy atom. The summed E-state index contributed by atoms with van der Waals surface area (Å²) >= 11 is 5.30. The van der Waals surface area contributed by atoms with E-state index in [2.05, 4.69) is 10.6 Å². The Bertz CT molecular complexity index is 999. The normalized spacial score (nSPS) is 14.1. The molecule has 1 aliphatic rings. The number of ether oxygens (including phenoxy) is 1. The highest BCUT2D eigenvalue weighted by Gasteiger charge is 2.24. The lowest BCUT2D eigenvalue weighted by Gasteiger charge is -2.31. The molecule has 1 aliphatic carbocycles. The predicted molar refractivity (Wildman–Crippen MR) is 132 cm³/mol. The van der Waals surface area contributed by atoms with E-state index >= 15 is 0 Å². The molecular formula is C25H29N3O3S. The number of para-hydroxylation sites is 2. The molecule has 2 amide bonds. The summed E-state index contributed by atoms with van der Waals surface area (Å²) in [5.74, 6) is 0.244. The zero-order valence-electron chi connectivity index (χ0n) is 18.5. The second-order valence-electron chi connectivity index (χ2n) is 7.77. The molecule has 1 fully saturated rings. The lowest BCUT2D eigenvalue weighted by Crippen LogP contribution is -2.39. The Kier molecular flexibility index (Phi) is 8.39. The number of anilines is 1. The number of carbonyl (C=O) groups is 2. The molecule has 1 saturated carbocycles. The van der Waals surface area contributed by atoms with E-state index in [9.17, 15) is 9.59 Å². The molecule has 0 bridgehead atoms. The number of amides is 2. The Balaban J connectivity index is 1.63. The number of nitrogens with one attached hydrogen (secondary N) is 2. The highest BCUT2D eigenvalue weighted by Crippen LogP contribution is 2.25. The summed E-state index contributed by atoms with van der Waals surface area (Å²) in [5, 5.41) is 5.74. The van der Waals surface area contributed by atoms with Gasteiger partial charge in [0.1, 0.15) is 5.75 Å². The molecule has 0 atom stereocenters. The van der Waals surface area contributed by atoms with Gasteiger partial charge in [0, 0.05) is 24.7 Å². The first-order chi connectivity index (χ1) is 15.5. The van der Waals surface area contributed by atoms with Crippen molar-refractivity contribution >= 4 is 40.9 Å². The van der Waals surface area contributed by atoms with Crippen LogP contribution >= 0.6 is 12.2 Å². The van der Waals surface area contributed by atoms with Crippen molar-refractivity contribution in [3.05, 3.63) is 65.7 Å². The monoisotopic (exact) mass is 451 g/mol. The average Bonchev–Trinajstić information content (AvgIpc) is 2.82. The topological polar surface area (TPSA) is 70.7 Å². The van der Waals surface area contributed by atoms with Crippen molar-refractivity contribution in [2.75, 3.05) is 19.5 Å². The van der Waals surface area contributed by atoms with E-state index in [-0.39, 0.29) is 23.0 Å². The molecule has 2 N–H and O–H groups in total. The van der Waals surface area contributed by atoms with Crippen LogP contribution in [-0.4, -0.2) is 42.0 Å². The van der Waals surface area contributed by atoms with Crippen LogP contribution in [0.1, 0.15) is 48.0 Å². The van der Waals surface area contributed by atoms with Crippen LogP contribution in [0.25, 0.3) is 6.08 Å². The number of hydrogen-bond acceptors (Lipinski definition) is 4. The maximum absolute atomic E-state index is 13.1. The smallest absolute Gasteiger partial charge is 0.255 e. The minimum absolute atomic E-state index is 0.0507. The first-order valence-electron chi connectivity index (χ1n) is 10.8. The van der Waals surface area contributed by atoms with E-state index in [0.29, 0.717) is 17.0 Å². The van der Waals surface area contributed by atoms with Gasteiger partial charge < -0.3 is 15.0 Å². The zero-order valence-corrected chi connectivity index (χ0v) is 19.3. The molecule has 0 spiro atoms. The van der Waals surface area contributed by atoms with Crippen molar-refractivity contribution in [3.8, 4) is 5.75 Å². The molecular weight excluding hydrogens is 422 g/mol. The number of methoxy groups -OCH3 is 1. The summed E-state index contributed by atoms with van der Waals surface area (Å²) in [4.78, 5) is 27.3. The second kappa shape index (κ2) is 11.4. The van der Waals surface area contributed by atoms with Gasteiger partial charge in [-0.2, -0.15) is 0 Å².